The third-order valence-corrected chi connectivity index (χ3v) is 8.08. The highest BCUT2D eigenvalue weighted by Gasteiger charge is 2.38. The monoisotopic (exact) mass is 576 g/mol. The van der Waals surface area contributed by atoms with Crippen LogP contribution in [0, 0.1) is 26.7 Å². The van der Waals surface area contributed by atoms with E-state index in [1.165, 1.54) is 4.90 Å². The Kier molecular flexibility index (Phi) is 8.39. The molecule has 43 heavy (non-hydrogen) atoms. The number of carbonyl (C=O) groups is 3. The summed E-state index contributed by atoms with van der Waals surface area (Å²) in [6.45, 7) is 9.83. The summed E-state index contributed by atoms with van der Waals surface area (Å²) < 4.78 is 1.65. The summed E-state index contributed by atoms with van der Waals surface area (Å²) >= 11 is 0. The molecule has 0 bridgehead atoms. The van der Waals surface area contributed by atoms with Crippen LogP contribution in [0.5, 0.6) is 0 Å². The summed E-state index contributed by atoms with van der Waals surface area (Å²) in [5, 5.41) is 0. The van der Waals surface area contributed by atoms with E-state index in [1.54, 1.807) is 59.7 Å². The molecule has 8 heteroatoms. The van der Waals surface area contributed by atoms with Gasteiger partial charge in [-0.15, -0.1) is 0 Å². The van der Waals surface area contributed by atoms with Crippen LogP contribution in [0.25, 0.3) is 0 Å². The van der Waals surface area contributed by atoms with E-state index in [9.17, 15) is 19.2 Å². The van der Waals surface area contributed by atoms with Crippen LogP contribution in [-0.2, 0) is 6.54 Å². The first-order valence-electron chi connectivity index (χ1n) is 14.5. The fourth-order valence-electron chi connectivity index (χ4n) is 5.60. The average Bonchev–Trinajstić information content (AvgIpc) is 3.25. The summed E-state index contributed by atoms with van der Waals surface area (Å²) in [5.41, 5.74) is 4.11. The Bertz CT molecular complexity index is 1710. The predicted octanol–water partition coefficient (Wildman–Crippen LogP) is 5.35. The van der Waals surface area contributed by atoms with E-state index in [-0.39, 0.29) is 48.8 Å². The smallest absolute Gasteiger partial charge is 0.261 e. The Morgan fingerprint density at radius 2 is 1.40 bits per heavy atom. The van der Waals surface area contributed by atoms with Crippen molar-refractivity contribution in [2.45, 2.75) is 47.2 Å². The molecule has 220 valence electrons. The lowest BCUT2D eigenvalue weighted by Crippen LogP contribution is -2.46. The van der Waals surface area contributed by atoms with Gasteiger partial charge in [0.1, 0.15) is 5.82 Å². The van der Waals surface area contributed by atoms with Crippen LogP contribution < -0.4 is 5.56 Å². The van der Waals surface area contributed by atoms with Gasteiger partial charge in [-0.1, -0.05) is 74.0 Å². The van der Waals surface area contributed by atoms with Gasteiger partial charge in [-0.2, -0.15) is 0 Å². The molecule has 8 nitrogen and oxygen atoms in total. The zero-order valence-corrected chi connectivity index (χ0v) is 25.2. The van der Waals surface area contributed by atoms with Gasteiger partial charge in [-0.05, 0) is 56.5 Å². The summed E-state index contributed by atoms with van der Waals surface area (Å²) in [6.07, 6.45) is 0. The summed E-state index contributed by atoms with van der Waals surface area (Å²) in [4.78, 5) is 62.2. The van der Waals surface area contributed by atoms with Gasteiger partial charge in [0.25, 0.3) is 23.3 Å². The van der Waals surface area contributed by atoms with Gasteiger partial charge in [0.15, 0.2) is 0 Å². The summed E-state index contributed by atoms with van der Waals surface area (Å²) in [6, 6.07) is 23.1. The number of benzene rings is 3. The molecular formula is C35H36N4O4. The molecular weight excluding hydrogens is 540 g/mol. The fourth-order valence-corrected chi connectivity index (χ4v) is 5.60. The van der Waals surface area contributed by atoms with Gasteiger partial charge >= 0.3 is 0 Å². The molecule has 4 aromatic rings. The number of aryl methyl sites for hydroxylation is 2. The predicted molar refractivity (Wildman–Crippen MR) is 165 cm³/mol. The Labute approximate surface area is 251 Å². The highest BCUT2D eigenvalue weighted by atomic mass is 16.2. The van der Waals surface area contributed by atoms with Crippen LogP contribution >= 0.6 is 0 Å². The minimum atomic E-state index is -0.625. The van der Waals surface area contributed by atoms with Gasteiger partial charge in [-0.25, -0.2) is 4.98 Å². The van der Waals surface area contributed by atoms with Gasteiger partial charge in [0, 0.05) is 29.9 Å². The number of nitrogens with zero attached hydrogens (tertiary/aromatic N) is 4. The molecule has 1 aliphatic rings. The second kappa shape index (κ2) is 12.2. The van der Waals surface area contributed by atoms with E-state index >= 15 is 0 Å². The molecule has 0 aliphatic carbocycles. The van der Waals surface area contributed by atoms with Crippen LogP contribution in [-0.4, -0.2) is 50.2 Å². The molecule has 0 spiro atoms. The number of fused-ring (bicyclic) bond motifs is 1. The van der Waals surface area contributed by atoms with Crippen molar-refractivity contribution in [3.05, 3.63) is 134 Å². The van der Waals surface area contributed by atoms with E-state index in [0.717, 1.165) is 11.1 Å². The van der Waals surface area contributed by atoms with Crippen molar-refractivity contribution >= 4 is 17.7 Å². The normalized spacial score (nSPS) is 13.4. The standard InChI is InChI=1S/C35H36N4O4/c1-22(2)30(31-36-25(5)24(4)32(40)39(31)21-26-11-7-6-8-12-26)37(33(41)27-17-15-23(3)16-18-27)19-20-38-34(42)28-13-9-10-14-29(28)35(38)43/h6-18,22,30H,19-21H2,1-5H3. The minimum Gasteiger partial charge on any atom is -0.326 e. The van der Waals surface area contributed by atoms with Crippen molar-refractivity contribution in [3.8, 4) is 0 Å². The van der Waals surface area contributed by atoms with Crippen LogP contribution in [0.2, 0.25) is 0 Å². The molecule has 1 aliphatic heterocycles. The van der Waals surface area contributed by atoms with Crippen LogP contribution in [0.15, 0.2) is 83.7 Å². The minimum absolute atomic E-state index is 0.000922. The number of aromatic nitrogens is 2. The third-order valence-electron chi connectivity index (χ3n) is 8.08. The fraction of sp³-hybridized carbons (Fsp3) is 0.286. The number of hydrogen-bond acceptors (Lipinski definition) is 5. The van der Waals surface area contributed by atoms with Crippen molar-refractivity contribution in [1.29, 1.82) is 0 Å². The first-order chi connectivity index (χ1) is 20.6. The molecule has 0 radical (unpaired) electrons. The van der Waals surface area contributed by atoms with Gasteiger partial charge in [0.2, 0.25) is 0 Å². The van der Waals surface area contributed by atoms with Crippen molar-refractivity contribution in [3.63, 3.8) is 0 Å². The lowest BCUT2D eigenvalue weighted by Gasteiger charge is -2.36. The second-order valence-corrected chi connectivity index (χ2v) is 11.4. The van der Waals surface area contributed by atoms with Crippen molar-refractivity contribution in [2.75, 3.05) is 13.1 Å². The van der Waals surface area contributed by atoms with Crippen molar-refractivity contribution in [2.24, 2.45) is 5.92 Å². The molecule has 3 amide bonds. The summed E-state index contributed by atoms with van der Waals surface area (Å²) in [5.74, 6) is -0.721. The highest BCUT2D eigenvalue weighted by Crippen LogP contribution is 2.30. The zero-order valence-electron chi connectivity index (χ0n) is 25.2. The molecule has 1 aromatic heterocycles. The molecule has 0 saturated carbocycles. The lowest BCUT2D eigenvalue weighted by molar-refractivity contribution is 0.0509. The number of rotatable bonds is 9. The number of imide groups is 1. The second-order valence-electron chi connectivity index (χ2n) is 11.4. The van der Waals surface area contributed by atoms with E-state index in [2.05, 4.69) is 0 Å². The third kappa shape index (κ3) is 5.78. The number of hydrogen-bond donors (Lipinski definition) is 0. The SMILES string of the molecule is Cc1ccc(C(=O)N(CCN2C(=O)c3ccccc3C2=O)C(c2nc(C)c(C)c(=O)n2Cc2ccccc2)C(C)C)cc1. The molecule has 2 heterocycles. The quantitative estimate of drug-likeness (QED) is 0.251. The maximum atomic E-state index is 14.3. The van der Waals surface area contributed by atoms with Gasteiger partial charge < -0.3 is 4.90 Å². The van der Waals surface area contributed by atoms with Crippen LogP contribution in [0.4, 0.5) is 0 Å². The van der Waals surface area contributed by atoms with Gasteiger partial charge in [-0.3, -0.25) is 28.6 Å². The molecule has 1 atom stereocenters. The first kappa shape index (κ1) is 29.6. The molecule has 0 N–H and O–H groups in total. The Morgan fingerprint density at radius 1 is 0.814 bits per heavy atom. The number of carbonyl (C=O) groups excluding carboxylic acids is 3. The average molecular weight is 577 g/mol. The molecule has 1 unspecified atom stereocenters. The Hall–Kier alpha value is -4.85. The lowest BCUT2D eigenvalue weighted by atomic mass is 9.98. The largest absolute Gasteiger partial charge is 0.326 e. The maximum absolute atomic E-state index is 14.3. The topological polar surface area (TPSA) is 92.6 Å². The molecule has 0 fully saturated rings. The Balaban J connectivity index is 1.60. The van der Waals surface area contributed by atoms with Crippen LogP contribution in [0.3, 0.4) is 0 Å². The van der Waals surface area contributed by atoms with Crippen molar-refractivity contribution < 1.29 is 14.4 Å². The highest BCUT2D eigenvalue weighted by molar-refractivity contribution is 6.21. The van der Waals surface area contributed by atoms with E-state index in [4.69, 9.17) is 4.98 Å². The zero-order chi connectivity index (χ0) is 30.8. The maximum Gasteiger partial charge on any atom is 0.261 e. The van der Waals surface area contributed by atoms with E-state index in [0.29, 0.717) is 33.8 Å². The van der Waals surface area contributed by atoms with Crippen LogP contribution in [0.1, 0.15) is 79.2 Å². The first-order valence-corrected chi connectivity index (χ1v) is 14.5. The molecule has 3 aromatic carbocycles. The summed E-state index contributed by atoms with van der Waals surface area (Å²) in [7, 11) is 0. The molecule has 0 saturated heterocycles. The van der Waals surface area contributed by atoms with E-state index in [1.807, 2.05) is 63.2 Å². The van der Waals surface area contributed by atoms with E-state index < -0.39 is 6.04 Å². The number of amides is 3. The Morgan fingerprint density at radius 3 is 1.98 bits per heavy atom. The molecule has 5 rings (SSSR count). The van der Waals surface area contributed by atoms with Gasteiger partial charge in [0.05, 0.1) is 23.7 Å². The van der Waals surface area contributed by atoms with Crippen molar-refractivity contribution in [1.82, 2.24) is 19.4 Å².